The molecule has 0 bridgehead atoms. The second-order valence-corrected chi connectivity index (χ2v) is 11.4. The summed E-state index contributed by atoms with van der Waals surface area (Å²) in [6, 6.07) is 7.67. The van der Waals surface area contributed by atoms with Gasteiger partial charge >= 0.3 is 11.9 Å². The largest absolute Gasteiger partial charge is 0.465 e. The molecule has 0 saturated carbocycles. The second kappa shape index (κ2) is 11.7. The number of halogens is 3. The van der Waals surface area contributed by atoms with Gasteiger partial charge in [-0.2, -0.15) is 0 Å². The average molecular weight is 624 g/mol. The van der Waals surface area contributed by atoms with Crippen LogP contribution >= 0.6 is 39.1 Å². The summed E-state index contributed by atoms with van der Waals surface area (Å²) in [7, 11) is 2.76. The molecule has 2 aromatic carbocycles. The molecule has 4 aromatic rings. The van der Waals surface area contributed by atoms with Gasteiger partial charge in [-0.25, -0.2) is 9.59 Å². The summed E-state index contributed by atoms with van der Waals surface area (Å²) in [4.78, 5) is 23.8. The Morgan fingerprint density at radius 3 is 1.53 bits per heavy atom. The van der Waals surface area contributed by atoms with Crippen LogP contribution in [-0.2, 0) is 9.47 Å². The lowest BCUT2D eigenvalue weighted by Gasteiger charge is -2.13. The van der Waals surface area contributed by atoms with Crippen LogP contribution < -0.4 is 0 Å². The molecule has 0 amide bonds. The number of nitrogens with zero attached hydrogens (tertiary/aromatic N) is 2. The van der Waals surface area contributed by atoms with E-state index in [9.17, 15) is 9.59 Å². The smallest absolute Gasteiger partial charge is 0.338 e. The Bertz CT molecular complexity index is 1430. The van der Waals surface area contributed by atoms with Gasteiger partial charge in [0.15, 0.2) is 0 Å². The van der Waals surface area contributed by atoms with Crippen LogP contribution in [-0.4, -0.2) is 35.3 Å². The fourth-order valence-corrected chi connectivity index (χ4v) is 6.22. The maximum Gasteiger partial charge on any atom is 0.338 e. The third kappa shape index (κ3) is 5.33. The van der Waals surface area contributed by atoms with Gasteiger partial charge in [-0.1, -0.05) is 23.2 Å². The molecule has 4 rings (SSSR count). The van der Waals surface area contributed by atoms with Gasteiger partial charge in [-0.15, -0.1) is 0 Å². The van der Waals surface area contributed by atoms with E-state index >= 15 is 0 Å². The van der Waals surface area contributed by atoms with Crippen LogP contribution in [0.4, 0.5) is 0 Å². The normalized spacial score (nSPS) is 11.3. The van der Waals surface area contributed by atoms with Crippen LogP contribution in [0.3, 0.4) is 0 Å². The van der Waals surface area contributed by atoms with E-state index < -0.39 is 0 Å². The number of fused-ring (bicyclic) bond motifs is 2. The van der Waals surface area contributed by atoms with E-state index in [4.69, 9.17) is 32.7 Å². The predicted molar refractivity (Wildman–Crippen MR) is 159 cm³/mol. The molecule has 2 aromatic heterocycles. The number of esters is 2. The summed E-state index contributed by atoms with van der Waals surface area (Å²) in [6.07, 6.45) is 0. The van der Waals surface area contributed by atoms with E-state index in [-0.39, 0.29) is 18.0 Å². The standard InChI is InChI=1S/C15H18ClNO2.C14H15BrClNO2/c1-8(2)17-10(4)9(3)14-12(15(18)19-5)6-11(16)7-13(14)17;1-7(2)17-11-6-9(16)5-10(14(18)19-4)12(11)8(3)13(17)15/h6-8H,1-5H3;5-7H,1-4H3. The summed E-state index contributed by atoms with van der Waals surface area (Å²) in [6.45, 7) is 14.5. The van der Waals surface area contributed by atoms with Crippen molar-refractivity contribution < 1.29 is 19.1 Å². The summed E-state index contributed by atoms with van der Waals surface area (Å²) in [5.41, 5.74) is 6.22. The maximum absolute atomic E-state index is 11.9. The number of hydrogen-bond acceptors (Lipinski definition) is 4. The van der Waals surface area contributed by atoms with Crippen molar-refractivity contribution >= 4 is 72.9 Å². The number of methoxy groups -OCH3 is 2. The second-order valence-electron chi connectivity index (χ2n) is 9.73. The molecule has 0 saturated heterocycles. The molecular weight excluding hydrogens is 591 g/mol. The van der Waals surface area contributed by atoms with Crippen molar-refractivity contribution in [1.29, 1.82) is 0 Å². The number of carbonyl (C=O) groups excluding carboxylic acids is 2. The molecule has 0 fully saturated rings. The zero-order valence-electron chi connectivity index (χ0n) is 23.1. The van der Waals surface area contributed by atoms with Crippen molar-refractivity contribution in [2.24, 2.45) is 0 Å². The van der Waals surface area contributed by atoms with E-state index in [0.717, 1.165) is 43.2 Å². The summed E-state index contributed by atoms with van der Waals surface area (Å²) < 4.78 is 15.0. The van der Waals surface area contributed by atoms with E-state index in [1.165, 1.54) is 14.2 Å². The zero-order chi connectivity index (χ0) is 28.6. The highest BCUT2D eigenvalue weighted by molar-refractivity contribution is 9.10. The third-order valence-electron chi connectivity index (χ3n) is 6.70. The molecule has 0 unspecified atom stereocenters. The Kier molecular flexibility index (Phi) is 9.28. The molecule has 6 nitrogen and oxygen atoms in total. The molecule has 9 heteroatoms. The summed E-state index contributed by atoms with van der Waals surface area (Å²) >= 11 is 15.9. The lowest BCUT2D eigenvalue weighted by atomic mass is 10.1. The molecule has 38 heavy (non-hydrogen) atoms. The number of rotatable bonds is 4. The van der Waals surface area contributed by atoms with Gasteiger partial charge in [0, 0.05) is 38.6 Å². The molecule has 0 radical (unpaired) electrons. The van der Waals surface area contributed by atoms with E-state index in [2.05, 4.69) is 59.7 Å². The first kappa shape index (κ1) is 30.1. The van der Waals surface area contributed by atoms with Crippen molar-refractivity contribution in [2.75, 3.05) is 14.2 Å². The maximum atomic E-state index is 11.9. The Balaban J connectivity index is 0.000000211. The number of carbonyl (C=O) groups is 2. The van der Waals surface area contributed by atoms with Crippen LogP contribution in [0.25, 0.3) is 21.8 Å². The van der Waals surface area contributed by atoms with Gasteiger partial charge in [-0.3, -0.25) is 0 Å². The molecule has 0 spiro atoms. The van der Waals surface area contributed by atoms with Crippen LogP contribution in [0.5, 0.6) is 0 Å². The molecule has 0 atom stereocenters. The van der Waals surface area contributed by atoms with Gasteiger partial charge in [0.1, 0.15) is 0 Å². The highest BCUT2D eigenvalue weighted by Crippen LogP contribution is 2.37. The first-order valence-electron chi connectivity index (χ1n) is 12.2. The molecule has 2 heterocycles. The van der Waals surface area contributed by atoms with Crippen LogP contribution in [0, 0.1) is 20.8 Å². The number of ether oxygens (including phenoxy) is 2. The SMILES string of the molecule is COC(=O)c1cc(Cl)cc2c1c(C)c(Br)n2C(C)C.COC(=O)c1cc(Cl)cc2c1c(C)c(C)n2C(C)C. The Labute approximate surface area is 241 Å². The van der Waals surface area contributed by atoms with E-state index in [1.54, 1.807) is 12.1 Å². The minimum atomic E-state index is -0.371. The van der Waals surface area contributed by atoms with Gasteiger partial charge in [0.25, 0.3) is 0 Å². The Hall–Kier alpha value is -2.48. The quantitative estimate of drug-likeness (QED) is 0.213. The van der Waals surface area contributed by atoms with Crippen molar-refractivity contribution in [3.63, 3.8) is 0 Å². The lowest BCUT2D eigenvalue weighted by Crippen LogP contribution is -2.04. The molecular formula is C29H33BrCl2N2O4. The predicted octanol–water partition coefficient (Wildman–Crippen LogP) is 9.01. The van der Waals surface area contributed by atoms with Crippen molar-refractivity contribution in [1.82, 2.24) is 9.13 Å². The third-order valence-corrected chi connectivity index (χ3v) is 8.12. The topological polar surface area (TPSA) is 62.5 Å². The van der Waals surface area contributed by atoms with Gasteiger partial charge in [0.2, 0.25) is 0 Å². The molecule has 0 aliphatic heterocycles. The highest BCUT2D eigenvalue weighted by atomic mass is 79.9. The van der Waals surface area contributed by atoms with Gasteiger partial charge in [0.05, 0.1) is 41.0 Å². The van der Waals surface area contributed by atoms with Crippen molar-refractivity contribution in [3.8, 4) is 0 Å². The Morgan fingerprint density at radius 2 is 1.13 bits per heavy atom. The van der Waals surface area contributed by atoms with Crippen LogP contribution in [0.1, 0.15) is 77.3 Å². The fraction of sp³-hybridized carbons (Fsp3) is 0.379. The van der Waals surface area contributed by atoms with E-state index in [1.807, 2.05) is 26.0 Å². The number of benzene rings is 2. The molecule has 0 aliphatic carbocycles. The molecule has 0 N–H and O–H groups in total. The van der Waals surface area contributed by atoms with E-state index in [0.29, 0.717) is 27.2 Å². The van der Waals surface area contributed by atoms with Crippen molar-refractivity contribution in [2.45, 2.75) is 60.5 Å². The Morgan fingerprint density at radius 1 is 0.737 bits per heavy atom. The first-order valence-corrected chi connectivity index (χ1v) is 13.8. The lowest BCUT2D eigenvalue weighted by molar-refractivity contribution is 0.0594. The van der Waals surface area contributed by atoms with Crippen LogP contribution in [0.15, 0.2) is 28.9 Å². The van der Waals surface area contributed by atoms with Crippen molar-refractivity contribution in [3.05, 3.63) is 66.9 Å². The highest BCUT2D eigenvalue weighted by Gasteiger charge is 2.22. The fourth-order valence-electron chi connectivity index (χ4n) is 5.00. The number of aromatic nitrogens is 2. The van der Waals surface area contributed by atoms with Gasteiger partial charge in [-0.05, 0) is 99.8 Å². The minimum absolute atomic E-state index is 0.259. The number of hydrogen-bond donors (Lipinski definition) is 0. The minimum Gasteiger partial charge on any atom is -0.465 e. The molecule has 0 aliphatic rings. The summed E-state index contributed by atoms with van der Waals surface area (Å²) in [5.74, 6) is -0.722. The molecule has 204 valence electrons. The van der Waals surface area contributed by atoms with Crippen LogP contribution in [0.2, 0.25) is 10.0 Å². The monoisotopic (exact) mass is 622 g/mol. The van der Waals surface area contributed by atoms with Gasteiger partial charge < -0.3 is 18.6 Å². The first-order chi connectivity index (χ1) is 17.8. The zero-order valence-corrected chi connectivity index (χ0v) is 26.2. The number of aryl methyl sites for hydroxylation is 2. The average Bonchev–Trinajstić information content (AvgIpc) is 3.26. The summed E-state index contributed by atoms with van der Waals surface area (Å²) in [5, 5.41) is 2.89.